The van der Waals surface area contributed by atoms with Gasteiger partial charge < -0.3 is 0 Å². The first-order valence-corrected chi connectivity index (χ1v) is 17.3. The van der Waals surface area contributed by atoms with Gasteiger partial charge in [0.15, 0.2) is 0 Å². The van der Waals surface area contributed by atoms with Crippen LogP contribution in [0.1, 0.15) is 33.6 Å². The van der Waals surface area contributed by atoms with E-state index in [-0.39, 0.29) is 0 Å². The highest BCUT2D eigenvalue weighted by Gasteiger charge is 2.51. The Morgan fingerprint density at radius 2 is 0.774 bits per heavy atom. The number of aromatic nitrogens is 4. The summed E-state index contributed by atoms with van der Waals surface area (Å²) in [6.45, 7) is 0. The molecule has 8 aromatic rings. The molecule has 0 atom stereocenters. The number of rotatable bonds is 4. The number of pyridine rings is 4. The molecule has 0 radical (unpaired) electrons. The van der Waals surface area contributed by atoms with E-state index >= 15 is 0 Å². The second-order valence-corrected chi connectivity index (χ2v) is 13.3. The molecular formula is C47H26N6. The Balaban J connectivity index is 1.18. The predicted molar refractivity (Wildman–Crippen MR) is 205 cm³/mol. The van der Waals surface area contributed by atoms with Crippen molar-refractivity contribution in [3.63, 3.8) is 0 Å². The molecular weight excluding hydrogens is 649 g/mol. The first-order chi connectivity index (χ1) is 26.1. The molecule has 2 aliphatic rings. The fourth-order valence-corrected chi connectivity index (χ4v) is 8.27. The van der Waals surface area contributed by atoms with E-state index in [1.54, 1.807) is 24.5 Å². The van der Waals surface area contributed by atoms with Gasteiger partial charge in [0.1, 0.15) is 23.5 Å². The fourth-order valence-electron chi connectivity index (χ4n) is 8.27. The number of hydrogen-bond acceptors (Lipinski definition) is 6. The Morgan fingerprint density at radius 1 is 0.377 bits per heavy atom. The lowest BCUT2D eigenvalue weighted by molar-refractivity contribution is 0.794. The van der Waals surface area contributed by atoms with Gasteiger partial charge in [-0.05, 0) is 105 Å². The zero-order valence-electron chi connectivity index (χ0n) is 28.2. The molecule has 0 unspecified atom stereocenters. The summed E-state index contributed by atoms with van der Waals surface area (Å²) in [7, 11) is 0. The number of hydrogen-bond donors (Lipinski definition) is 0. The van der Waals surface area contributed by atoms with Crippen LogP contribution in [0.25, 0.3) is 67.3 Å². The van der Waals surface area contributed by atoms with E-state index in [1.807, 2.05) is 48.5 Å². The van der Waals surface area contributed by atoms with Gasteiger partial charge in [-0.25, -0.2) is 19.9 Å². The van der Waals surface area contributed by atoms with Crippen LogP contribution in [0.4, 0.5) is 0 Å². The van der Waals surface area contributed by atoms with Crippen LogP contribution in [0.15, 0.2) is 158 Å². The van der Waals surface area contributed by atoms with Gasteiger partial charge >= 0.3 is 0 Å². The van der Waals surface area contributed by atoms with Crippen molar-refractivity contribution in [2.45, 2.75) is 5.41 Å². The molecule has 4 heterocycles. The molecule has 0 saturated heterocycles. The molecule has 6 nitrogen and oxygen atoms in total. The third kappa shape index (κ3) is 4.57. The van der Waals surface area contributed by atoms with Crippen molar-refractivity contribution in [1.29, 1.82) is 10.5 Å². The van der Waals surface area contributed by atoms with Gasteiger partial charge in [0, 0.05) is 34.6 Å². The molecule has 244 valence electrons. The minimum atomic E-state index is -0.571. The molecule has 4 aromatic heterocycles. The molecule has 4 aromatic carbocycles. The minimum absolute atomic E-state index is 0.359. The molecule has 0 fully saturated rings. The first-order valence-electron chi connectivity index (χ1n) is 17.3. The van der Waals surface area contributed by atoms with E-state index in [4.69, 9.17) is 9.97 Å². The first kappa shape index (κ1) is 30.3. The largest absolute Gasteiger partial charge is 0.248 e. The molecule has 6 heteroatoms. The van der Waals surface area contributed by atoms with Crippen LogP contribution in [0.3, 0.4) is 0 Å². The van der Waals surface area contributed by atoms with Crippen LogP contribution in [0, 0.1) is 22.7 Å². The molecule has 0 aliphatic heterocycles. The predicted octanol–water partition coefficient (Wildman–Crippen LogP) is 10.0. The van der Waals surface area contributed by atoms with Crippen LogP contribution in [-0.4, -0.2) is 19.9 Å². The van der Waals surface area contributed by atoms with Crippen molar-refractivity contribution < 1.29 is 0 Å². The molecule has 2 aliphatic carbocycles. The lowest BCUT2D eigenvalue weighted by Crippen LogP contribution is -2.26. The SMILES string of the molecule is N#Cc1cc(-c2cccc(-c3ccc4c(c3)C3(c5ccccc5-c5ccccc53)c3cc(-c5cccc(-c6ccnc(C#N)c6)n5)ccc3-4)n2)ccn1. The Kier molecular flexibility index (Phi) is 6.73. The highest BCUT2D eigenvalue weighted by atomic mass is 14.7. The third-order valence-corrected chi connectivity index (χ3v) is 10.5. The smallest absolute Gasteiger partial charge is 0.141 e. The van der Waals surface area contributed by atoms with Crippen molar-refractivity contribution in [1.82, 2.24) is 19.9 Å². The van der Waals surface area contributed by atoms with Gasteiger partial charge in [-0.15, -0.1) is 0 Å². The van der Waals surface area contributed by atoms with Crippen LogP contribution >= 0.6 is 0 Å². The Hall–Kier alpha value is -7.54. The Bertz CT molecular complexity index is 2700. The maximum Gasteiger partial charge on any atom is 0.141 e. The normalized spacial score (nSPS) is 12.6. The molecule has 0 amide bonds. The van der Waals surface area contributed by atoms with Crippen molar-refractivity contribution in [2.24, 2.45) is 0 Å². The third-order valence-electron chi connectivity index (χ3n) is 10.5. The molecule has 10 rings (SSSR count). The Morgan fingerprint density at radius 3 is 1.21 bits per heavy atom. The van der Waals surface area contributed by atoms with Gasteiger partial charge in [-0.1, -0.05) is 84.9 Å². The zero-order valence-corrected chi connectivity index (χ0v) is 28.2. The summed E-state index contributed by atoms with van der Waals surface area (Å²) in [4.78, 5) is 18.5. The van der Waals surface area contributed by atoms with Crippen LogP contribution in [0.5, 0.6) is 0 Å². The molecule has 53 heavy (non-hydrogen) atoms. The number of benzene rings is 4. The van der Waals surface area contributed by atoms with Crippen molar-refractivity contribution in [2.75, 3.05) is 0 Å². The van der Waals surface area contributed by atoms with Crippen molar-refractivity contribution in [3.05, 3.63) is 192 Å². The van der Waals surface area contributed by atoms with Crippen LogP contribution in [0.2, 0.25) is 0 Å². The summed E-state index contributed by atoms with van der Waals surface area (Å²) < 4.78 is 0. The van der Waals surface area contributed by atoms with E-state index in [9.17, 15) is 10.5 Å². The van der Waals surface area contributed by atoms with Gasteiger partial charge in [0.25, 0.3) is 0 Å². The summed E-state index contributed by atoms with van der Waals surface area (Å²) in [6, 6.07) is 54.6. The standard InChI is InChI=1S/C47H26N6/c48-27-33-23-31(19-21-50-33)45-13-5-11-43(52-45)29-15-17-37-38-18-16-30(44-12-6-14-46(53-44)32-20-22-51-34(24-32)28-49)26-42(38)47(41(37)25-29)39-9-3-1-7-35(39)36-8-2-4-10-40(36)47/h1-26H. The average molecular weight is 675 g/mol. The monoisotopic (exact) mass is 674 g/mol. The highest BCUT2D eigenvalue weighted by molar-refractivity contribution is 5.96. The lowest BCUT2D eigenvalue weighted by Gasteiger charge is -2.31. The van der Waals surface area contributed by atoms with E-state index in [0.29, 0.717) is 11.4 Å². The topological polar surface area (TPSA) is 99.1 Å². The molecule has 0 saturated carbocycles. The summed E-state index contributed by atoms with van der Waals surface area (Å²) in [5, 5.41) is 18.9. The highest BCUT2D eigenvalue weighted by Crippen LogP contribution is 2.63. The maximum absolute atomic E-state index is 9.46. The maximum atomic E-state index is 9.46. The molecule has 0 N–H and O–H groups in total. The number of fused-ring (bicyclic) bond motifs is 10. The fraction of sp³-hybridized carbons (Fsp3) is 0.0213. The van der Waals surface area contributed by atoms with E-state index in [0.717, 1.165) is 45.0 Å². The summed E-state index contributed by atoms with van der Waals surface area (Å²) in [5.74, 6) is 0. The quantitative estimate of drug-likeness (QED) is 0.184. The second kappa shape index (κ2) is 11.8. The molecule has 0 bridgehead atoms. The number of nitrogens with zero attached hydrogens (tertiary/aromatic N) is 6. The Labute approximate surface area is 306 Å². The van der Waals surface area contributed by atoms with Crippen molar-refractivity contribution in [3.8, 4) is 79.4 Å². The molecule has 1 spiro atoms. The van der Waals surface area contributed by atoms with Gasteiger partial charge in [0.05, 0.1) is 28.2 Å². The summed E-state index contributed by atoms with van der Waals surface area (Å²) >= 11 is 0. The van der Waals surface area contributed by atoms with Gasteiger partial charge in [0.2, 0.25) is 0 Å². The van der Waals surface area contributed by atoms with Gasteiger partial charge in [-0.3, -0.25) is 0 Å². The van der Waals surface area contributed by atoms with E-state index in [1.165, 1.54) is 44.5 Å². The number of nitriles is 2. The summed E-state index contributed by atoms with van der Waals surface area (Å²) in [5.41, 5.74) is 16.9. The minimum Gasteiger partial charge on any atom is -0.248 e. The summed E-state index contributed by atoms with van der Waals surface area (Å²) in [6.07, 6.45) is 3.30. The average Bonchev–Trinajstić information content (AvgIpc) is 3.70. The van der Waals surface area contributed by atoms with Gasteiger partial charge in [-0.2, -0.15) is 10.5 Å². The van der Waals surface area contributed by atoms with Crippen molar-refractivity contribution >= 4 is 0 Å². The van der Waals surface area contributed by atoms with E-state index < -0.39 is 5.41 Å². The lowest BCUT2D eigenvalue weighted by atomic mass is 9.70. The van der Waals surface area contributed by atoms with Crippen LogP contribution in [-0.2, 0) is 5.41 Å². The second-order valence-electron chi connectivity index (χ2n) is 13.3. The van der Waals surface area contributed by atoms with E-state index in [2.05, 4.69) is 107 Å². The van der Waals surface area contributed by atoms with Crippen LogP contribution < -0.4 is 0 Å². The zero-order chi connectivity index (χ0) is 35.5.